The van der Waals surface area contributed by atoms with E-state index in [0.29, 0.717) is 0 Å². The van der Waals surface area contributed by atoms with E-state index in [1.165, 1.54) is 17.7 Å². The van der Waals surface area contributed by atoms with Gasteiger partial charge in [0, 0.05) is 5.69 Å². The van der Waals surface area contributed by atoms with Crippen LogP contribution < -0.4 is 10.6 Å². The van der Waals surface area contributed by atoms with Crippen LogP contribution in [0.5, 0.6) is 0 Å². The number of carbonyl (C=O) groups is 1. The number of benzene rings is 2. The Morgan fingerprint density at radius 1 is 1.05 bits per heavy atom. The van der Waals surface area contributed by atoms with Gasteiger partial charge in [0.1, 0.15) is 5.82 Å². The molecule has 0 bridgehead atoms. The lowest BCUT2D eigenvalue weighted by molar-refractivity contribution is 0.242. The molecule has 0 unspecified atom stereocenters. The third-order valence-corrected chi connectivity index (χ3v) is 3.61. The van der Waals surface area contributed by atoms with Gasteiger partial charge in [-0.3, -0.25) is 0 Å². The summed E-state index contributed by atoms with van der Waals surface area (Å²) in [6.07, 6.45) is 0.962. The van der Waals surface area contributed by atoms with Gasteiger partial charge in [0.15, 0.2) is 0 Å². The Bertz CT molecular complexity index is 633. The number of rotatable bonds is 4. The maximum atomic E-state index is 13.0. The van der Waals surface area contributed by atoms with Gasteiger partial charge in [-0.15, -0.1) is 0 Å². The summed E-state index contributed by atoms with van der Waals surface area (Å²) in [5.74, 6) is -0.292. The molecule has 116 valence electrons. The Hall–Kier alpha value is -2.36. The molecular weight excluding hydrogens is 279 g/mol. The number of nitrogens with one attached hydrogen (secondary N) is 2. The van der Waals surface area contributed by atoms with E-state index in [9.17, 15) is 9.18 Å². The van der Waals surface area contributed by atoms with Crippen molar-refractivity contribution in [2.24, 2.45) is 0 Å². The second-order valence-electron chi connectivity index (χ2n) is 5.76. The van der Waals surface area contributed by atoms with Gasteiger partial charge >= 0.3 is 6.03 Å². The van der Waals surface area contributed by atoms with E-state index in [2.05, 4.69) is 17.6 Å². The minimum absolute atomic E-state index is 0.292. The first kappa shape index (κ1) is 16.0. The van der Waals surface area contributed by atoms with Gasteiger partial charge < -0.3 is 10.6 Å². The van der Waals surface area contributed by atoms with Crippen LogP contribution in [0.15, 0.2) is 48.5 Å². The number of hydrogen-bond donors (Lipinski definition) is 2. The summed E-state index contributed by atoms with van der Waals surface area (Å²) in [6, 6.07) is 13.6. The van der Waals surface area contributed by atoms with Crippen molar-refractivity contribution in [2.75, 3.05) is 5.32 Å². The summed E-state index contributed by atoms with van der Waals surface area (Å²) in [6.45, 7) is 5.83. The Labute approximate surface area is 130 Å². The van der Waals surface area contributed by atoms with Gasteiger partial charge in [-0.2, -0.15) is 0 Å². The highest BCUT2D eigenvalue weighted by Gasteiger charge is 2.22. The van der Waals surface area contributed by atoms with Gasteiger partial charge in [0.05, 0.1) is 5.54 Å². The molecule has 0 radical (unpaired) electrons. The smallest absolute Gasteiger partial charge is 0.319 e. The lowest BCUT2D eigenvalue weighted by Crippen LogP contribution is -2.43. The molecule has 2 aromatic rings. The minimum atomic E-state index is -0.596. The van der Waals surface area contributed by atoms with Crippen LogP contribution in [0.4, 0.5) is 14.9 Å². The molecule has 0 atom stereocenters. The number of anilines is 1. The van der Waals surface area contributed by atoms with Crippen molar-refractivity contribution in [2.45, 2.75) is 32.7 Å². The number of hydrogen-bond acceptors (Lipinski definition) is 1. The molecule has 0 aliphatic rings. The number of aryl methyl sites for hydroxylation is 1. The first-order chi connectivity index (χ1) is 10.4. The summed E-state index contributed by atoms with van der Waals surface area (Å²) in [5.41, 5.74) is 2.20. The molecule has 0 fully saturated rings. The Morgan fingerprint density at radius 2 is 1.64 bits per heavy atom. The summed E-state index contributed by atoms with van der Waals surface area (Å²) >= 11 is 0. The van der Waals surface area contributed by atoms with Crippen molar-refractivity contribution in [3.05, 3.63) is 65.5 Å². The Morgan fingerprint density at radius 3 is 2.18 bits per heavy atom. The van der Waals surface area contributed by atoms with Gasteiger partial charge in [-0.05, 0) is 55.7 Å². The highest BCUT2D eigenvalue weighted by molar-refractivity contribution is 5.89. The second-order valence-corrected chi connectivity index (χ2v) is 5.76. The molecule has 2 rings (SSSR count). The lowest BCUT2D eigenvalue weighted by Gasteiger charge is -2.27. The van der Waals surface area contributed by atoms with E-state index in [4.69, 9.17) is 0 Å². The number of amides is 2. The van der Waals surface area contributed by atoms with Crippen LogP contribution in [0.2, 0.25) is 0 Å². The average molecular weight is 300 g/mol. The van der Waals surface area contributed by atoms with E-state index in [0.717, 1.165) is 17.7 Å². The monoisotopic (exact) mass is 300 g/mol. The van der Waals surface area contributed by atoms with Crippen molar-refractivity contribution in [1.82, 2.24) is 5.32 Å². The zero-order valence-electron chi connectivity index (χ0n) is 13.1. The molecular formula is C18H21FN2O. The minimum Gasteiger partial charge on any atom is -0.329 e. The molecule has 0 aliphatic carbocycles. The van der Waals surface area contributed by atoms with Gasteiger partial charge in [0.25, 0.3) is 0 Å². The van der Waals surface area contributed by atoms with Crippen LogP contribution in [0.3, 0.4) is 0 Å². The Balaban J connectivity index is 2.02. The van der Waals surface area contributed by atoms with Crippen molar-refractivity contribution < 1.29 is 9.18 Å². The summed E-state index contributed by atoms with van der Waals surface area (Å²) in [7, 11) is 0. The molecule has 2 N–H and O–H groups in total. The fraction of sp³-hybridized carbons (Fsp3) is 0.278. The summed E-state index contributed by atoms with van der Waals surface area (Å²) in [4.78, 5) is 12.1. The Kier molecular flexibility index (Phi) is 4.81. The number of carbonyl (C=O) groups excluding carboxylic acids is 1. The van der Waals surface area contributed by atoms with Crippen LogP contribution in [0.1, 0.15) is 31.9 Å². The normalized spacial score (nSPS) is 11.1. The van der Waals surface area contributed by atoms with Gasteiger partial charge in [-0.25, -0.2) is 9.18 Å². The molecule has 0 heterocycles. The fourth-order valence-corrected chi connectivity index (χ4v) is 2.21. The van der Waals surface area contributed by atoms with Crippen molar-refractivity contribution >= 4 is 11.7 Å². The van der Waals surface area contributed by atoms with Crippen molar-refractivity contribution in [1.29, 1.82) is 0 Å². The van der Waals surface area contributed by atoms with Crippen molar-refractivity contribution in [3.63, 3.8) is 0 Å². The van der Waals surface area contributed by atoms with Crippen LogP contribution in [-0.4, -0.2) is 6.03 Å². The molecule has 4 heteroatoms. The summed E-state index contributed by atoms with van der Waals surface area (Å²) in [5, 5.41) is 5.70. The standard InChI is InChI=1S/C18H21FN2O/c1-4-13-5-11-16(12-6-13)20-17(22)21-18(2,3)14-7-9-15(19)10-8-14/h5-12H,4H2,1-3H3,(H2,20,21,22). The highest BCUT2D eigenvalue weighted by atomic mass is 19.1. The SMILES string of the molecule is CCc1ccc(NC(=O)NC(C)(C)c2ccc(F)cc2)cc1. The maximum absolute atomic E-state index is 13.0. The average Bonchev–Trinajstić information content (AvgIpc) is 2.48. The van der Waals surface area contributed by atoms with E-state index < -0.39 is 5.54 Å². The molecule has 0 aliphatic heterocycles. The van der Waals surface area contributed by atoms with E-state index in [1.807, 2.05) is 38.1 Å². The lowest BCUT2D eigenvalue weighted by atomic mass is 9.94. The summed E-state index contributed by atoms with van der Waals surface area (Å²) < 4.78 is 13.0. The zero-order chi connectivity index (χ0) is 16.2. The molecule has 22 heavy (non-hydrogen) atoms. The first-order valence-electron chi connectivity index (χ1n) is 7.35. The topological polar surface area (TPSA) is 41.1 Å². The van der Waals surface area contributed by atoms with Crippen LogP contribution >= 0.6 is 0 Å². The van der Waals surface area contributed by atoms with Crippen LogP contribution in [0, 0.1) is 5.82 Å². The first-order valence-corrected chi connectivity index (χ1v) is 7.35. The highest BCUT2D eigenvalue weighted by Crippen LogP contribution is 2.20. The molecule has 3 nitrogen and oxygen atoms in total. The molecule has 2 aromatic carbocycles. The molecule has 0 spiro atoms. The third-order valence-electron chi connectivity index (χ3n) is 3.61. The zero-order valence-corrected chi connectivity index (χ0v) is 13.1. The van der Waals surface area contributed by atoms with Crippen LogP contribution in [-0.2, 0) is 12.0 Å². The number of urea groups is 1. The van der Waals surface area contributed by atoms with Crippen LogP contribution in [0.25, 0.3) is 0 Å². The largest absolute Gasteiger partial charge is 0.329 e. The molecule has 0 saturated heterocycles. The molecule has 2 amide bonds. The van der Waals surface area contributed by atoms with E-state index >= 15 is 0 Å². The molecule has 0 saturated carbocycles. The predicted octanol–water partition coefficient (Wildman–Crippen LogP) is 4.44. The number of halogens is 1. The van der Waals surface area contributed by atoms with E-state index in [1.54, 1.807) is 12.1 Å². The van der Waals surface area contributed by atoms with Gasteiger partial charge in [0.2, 0.25) is 0 Å². The third kappa shape index (κ3) is 4.07. The quantitative estimate of drug-likeness (QED) is 0.861. The second kappa shape index (κ2) is 6.60. The van der Waals surface area contributed by atoms with Gasteiger partial charge in [-0.1, -0.05) is 31.2 Å². The van der Waals surface area contributed by atoms with E-state index in [-0.39, 0.29) is 11.8 Å². The molecule has 0 aromatic heterocycles. The maximum Gasteiger partial charge on any atom is 0.319 e. The fourth-order valence-electron chi connectivity index (χ4n) is 2.21. The predicted molar refractivity (Wildman–Crippen MR) is 87.4 cm³/mol. The van der Waals surface area contributed by atoms with Crippen molar-refractivity contribution in [3.8, 4) is 0 Å².